The molecule has 0 aliphatic rings. The number of anilines is 1. The third-order valence-corrected chi connectivity index (χ3v) is 3.05. The maximum Gasteiger partial charge on any atom is 0.151 e. The highest BCUT2D eigenvalue weighted by Gasteiger charge is 2.10. The number of hydrogen-bond donors (Lipinski definition) is 1. The van der Waals surface area contributed by atoms with Gasteiger partial charge in [-0.05, 0) is 24.1 Å². The van der Waals surface area contributed by atoms with E-state index in [2.05, 4.69) is 23.9 Å². The standard InChI is InChI=1S/C14H19FN4/c1-9(2)14-17-13(18-19(14)3)7-5-10-4-6-11(15)12(16)8-10/h4,6,8-9H,5,7,16H2,1-3H3. The summed E-state index contributed by atoms with van der Waals surface area (Å²) in [5.41, 5.74) is 6.73. The first-order valence-electron chi connectivity index (χ1n) is 6.41. The zero-order valence-corrected chi connectivity index (χ0v) is 11.5. The van der Waals surface area contributed by atoms with E-state index in [0.717, 1.165) is 30.1 Å². The van der Waals surface area contributed by atoms with Crippen LogP contribution in [0.25, 0.3) is 0 Å². The normalized spacial score (nSPS) is 11.2. The lowest BCUT2D eigenvalue weighted by Crippen LogP contribution is -2.00. The molecule has 5 heteroatoms. The molecule has 0 radical (unpaired) electrons. The minimum absolute atomic E-state index is 0.189. The summed E-state index contributed by atoms with van der Waals surface area (Å²) in [4.78, 5) is 4.51. The third-order valence-electron chi connectivity index (χ3n) is 3.05. The maximum absolute atomic E-state index is 13.1. The zero-order valence-electron chi connectivity index (χ0n) is 11.5. The lowest BCUT2D eigenvalue weighted by molar-refractivity contribution is 0.631. The van der Waals surface area contributed by atoms with E-state index in [1.54, 1.807) is 12.1 Å². The van der Waals surface area contributed by atoms with Gasteiger partial charge in [0.05, 0.1) is 5.69 Å². The number of rotatable bonds is 4. The number of nitrogens with zero attached hydrogens (tertiary/aromatic N) is 3. The van der Waals surface area contributed by atoms with E-state index in [-0.39, 0.29) is 11.5 Å². The average Bonchev–Trinajstić information content (AvgIpc) is 2.72. The monoisotopic (exact) mass is 262 g/mol. The lowest BCUT2D eigenvalue weighted by Gasteiger charge is -2.01. The van der Waals surface area contributed by atoms with Crippen LogP contribution < -0.4 is 5.73 Å². The molecule has 0 fully saturated rings. The van der Waals surface area contributed by atoms with Crippen LogP contribution >= 0.6 is 0 Å². The fraction of sp³-hybridized carbons (Fsp3) is 0.429. The van der Waals surface area contributed by atoms with Crippen LogP contribution in [0.2, 0.25) is 0 Å². The molecule has 0 aliphatic carbocycles. The van der Waals surface area contributed by atoms with Crippen molar-refractivity contribution in [1.82, 2.24) is 14.8 Å². The summed E-state index contributed by atoms with van der Waals surface area (Å²) >= 11 is 0. The Labute approximate surface area is 112 Å². The van der Waals surface area contributed by atoms with E-state index in [0.29, 0.717) is 5.92 Å². The van der Waals surface area contributed by atoms with Crippen molar-refractivity contribution in [2.24, 2.45) is 7.05 Å². The highest BCUT2D eigenvalue weighted by Crippen LogP contribution is 2.15. The molecule has 0 bridgehead atoms. The van der Waals surface area contributed by atoms with Crippen molar-refractivity contribution in [3.63, 3.8) is 0 Å². The van der Waals surface area contributed by atoms with Gasteiger partial charge in [-0.1, -0.05) is 19.9 Å². The lowest BCUT2D eigenvalue weighted by atomic mass is 10.1. The van der Waals surface area contributed by atoms with Gasteiger partial charge in [-0.25, -0.2) is 9.37 Å². The summed E-state index contributed by atoms with van der Waals surface area (Å²) in [6, 6.07) is 4.82. The van der Waals surface area contributed by atoms with Gasteiger partial charge < -0.3 is 5.73 Å². The van der Waals surface area contributed by atoms with Crippen LogP contribution in [-0.2, 0) is 19.9 Å². The average molecular weight is 262 g/mol. The molecule has 0 atom stereocenters. The van der Waals surface area contributed by atoms with Gasteiger partial charge in [0.1, 0.15) is 11.6 Å². The molecule has 2 aromatic rings. The van der Waals surface area contributed by atoms with Crippen LogP contribution in [0.3, 0.4) is 0 Å². The Morgan fingerprint density at radius 1 is 1.32 bits per heavy atom. The second-order valence-electron chi connectivity index (χ2n) is 5.02. The first-order valence-corrected chi connectivity index (χ1v) is 6.41. The largest absolute Gasteiger partial charge is 0.396 e. The molecule has 2 N–H and O–H groups in total. The van der Waals surface area contributed by atoms with E-state index in [1.165, 1.54) is 6.07 Å². The van der Waals surface area contributed by atoms with E-state index in [4.69, 9.17) is 5.73 Å². The van der Waals surface area contributed by atoms with Crippen LogP contribution in [0.1, 0.15) is 37.0 Å². The quantitative estimate of drug-likeness (QED) is 0.861. The van der Waals surface area contributed by atoms with Gasteiger partial charge in [0.2, 0.25) is 0 Å². The minimum Gasteiger partial charge on any atom is -0.396 e. The molecule has 102 valence electrons. The van der Waals surface area contributed by atoms with Crippen molar-refractivity contribution in [2.45, 2.75) is 32.6 Å². The first kappa shape index (κ1) is 13.5. The van der Waals surface area contributed by atoms with Gasteiger partial charge >= 0.3 is 0 Å². The van der Waals surface area contributed by atoms with Crippen molar-refractivity contribution >= 4 is 5.69 Å². The van der Waals surface area contributed by atoms with Crippen LogP contribution in [0.15, 0.2) is 18.2 Å². The Balaban J connectivity index is 2.06. The molecule has 0 amide bonds. The fourth-order valence-corrected chi connectivity index (χ4v) is 2.06. The molecule has 2 rings (SSSR count). The Kier molecular flexibility index (Phi) is 3.83. The summed E-state index contributed by atoms with van der Waals surface area (Å²) in [6.07, 6.45) is 1.48. The van der Waals surface area contributed by atoms with Crippen LogP contribution in [0.5, 0.6) is 0 Å². The highest BCUT2D eigenvalue weighted by molar-refractivity contribution is 5.42. The molecule has 0 saturated heterocycles. The smallest absolute Gasteiger partial charge is 0.151 e. The number of benzene rings is 1. The van der Waals surface area contributed by atoms with Crippen molar-refractivity contribution < 1.29 is 4.39 Å². The Hall–Kier alpha value is -1.91. The van der Waals surface area contributed by atoms with Gasteiger partial charge in [-0.2, -0.15) is 5.10 Å². The molecule has 0 unspecified atom stereocenters. The van der Waals surface area contributed by atoms with Crippen LogP contribution in [0, 0.1) is 5.82 Å². The van der Waals surface area contributed by atoms with Gasteiger partial charge in [0.15, 0.2) is 5.82 Å². The third kappa shape index (κ3) is 3.10. The predicted molar refractivity (Wildman–Crippen MR) is 73.3 cm³/mol. The number of halogens is 1. The van der Waals surface area contributed by atoms with Crippen molar-refractivity contribution in [3.8, 4) is 0 Å². The molecule has 1 aromatic carbocycles. The van der Waals surface area contributed by atoms with Crippen molar-refractivity contribution in [1.29, 1.82) is 0 Å². The van der Waals surface area contributed by atoms with E-state index < -0.39 is 0 Å². The molecule has 4 nitrogen and oxygen atoms in total. The topological polar surface area (TPSA) is 56.7 Å². The Bertz CT molecular complexity index is 575. The van der Waals surface area contributed by atoms with E-state index >= 15 is 0 Å². The van der Waals surface area contributed by atoms with Gasteiger partial charge in [0.25, 0.3) is 0 Å². The molecule has 0 aliphatic heterocycles. The molecule has 1 aromatic heterocycles. The molecular weight excluding hydrogens is 243 g/mol. The SMILES string of the molecule is CC(C)c1nc(CCc2ccc(F)c(N)c2)nn1C. The van der Waals surface area contributed by atoms with E-state index in [9.17, 15) is 4.39 Å². The second kappa shape index (κ2) is 5.38. The summed E-state index contributed by atoms with van der Waals surface area (Å²) in [5, 5.41) is 4.39. The number of nitrogen functional groups attached to an aromatic ring is 1. The zero-order chi connectivity index (χ0) is 14.0. The van der Waals surface area contributed by atoms with Crippen molar-refractivity contribution in [2.75, 3.05) is 5.73 Å². The summed E-state index contributed by atoms with van der Waals surface area (Å²) in [7, 11) is 1.90. The van der Waals surface area contributed by atoms with Gasteiger partial charge in [-0.3, -0.25) is 4.68 Å². The van der Waals surface area contributed by atoms with Gasteiger partial charge in [0, 0.05) is 19.4 Å². The van der Waals surface area contributed by atoms with E-state index in [1.807, 2.05) is 11.7 Å². The number of nitrogens with two attached hydrogens (primary N) is 1. The Morgan fingerprint density at radius 3 is 2.63 bits per heavy atom. The fourth-order valence-electron chi connectivity index (χ4n) is 2.06. The summed E-state index contributed by atoms with van der Waals surface area (Å²) in [6.45, 7) is 4.18. The summed E-state index contributed by atoms with van der Waals surface area (Å²) in [5.74, 6) is 1.78. The summed E-state index contributed by atoms with van der Waals surface area (Å²) < 4.78 is 14.9. The highest BCUT2D eigenvalue weighted by atomic mass is 19.1. The van der Waals surface area contributed by atoms with Crippen LogP contribution in [0.4, 0.5) is 10.1 Å². The number of aromatic nitrogens is 3. The molecule has 0 saturated carbocycles. The maximum atomic E-state index is 13.1. The molecular formula is C14H19FN4. The predicted octanol–water partition coefficient (Wildman–Crippen LogP) is 2.45. The number of aryl methyl sites for hydroxylation is 3. The number of hydrogen-bond acceptors (Lipinski definition) is 3. The van der Waals surface area contributed by atoms with Crippen molar-refractivity contribution in [3.05, 3.63) is 41.2 Å². The minimum atomic E-state index is -0.373. The molecule has 19 heavy (non-hydrogen) atoms. The first-order chi connectivity index (χ1) is 8.97. The Morgan fingerprint density at radius 2 is 2.05 bits per heavy atom. The molecule has 0 spiro atoms. The second-order valence-corrected chi connectivity index (χ2v) is 5.02. The van der Waals surface area contributed by atoms with Gasteiger partial charge in [-0.15, -0.1) is 0 Å². The van der Waals surface area contributed by atoms with Crippen LogP contribution in [-0.4, -0.2) is 14.8 Å². The molecule has 1 heterocycles.